The Kier molecular flexibility index (Phi) is 6.44. The number of aromatic nitrogens is 2. The maximum atomic E-state index is 10.1. The topological polar surface area (TPSA) is 68.9 Å². The molecular weight excluding hydrogens is 352 g/mol. The first kappa shape index (κ1) is 20.0. The smallest absolute Gasteiger partial charge is 0.194 e. The number of benzene rings is 1. The van der Waals surface area contributed by atoms with Gasteiger partial charge in [-0.3, -0.25) is 9.67 Å². The lowest BCUT2D eigenvalue weighted by molar-refractivity contribution is 0.369. The Bertz CT molecular complexity index is 820. The van der Waals surface area contributed by atoms with E-state index in [1.807, 2.05) is 37.0 Å². The van der Waals surface area contributed by atoms with Gasteiger partial charge in [-0.05, 0) is 25.0 Å². The van der Waals surface area contributed by atoms with Crippen LogP contribution >= 0.6 is 0 Å². The van der Waals surface area contributed by atoms with Gasteiger partial charge in [0.2, 0.25) is 0 Å². The van der Waals surface area contributed by atoms with Crippen molar-refractivity contribution in [2.45, 2.75) is 33.2 Å². The summed E-state index contributed by atoms with van der Waals surface area (Å²) in [7, 11) is 3.86. The Hall–Kier alpha value is -2.70. The highest BCUT2D eigenvalue weighted by atomic mass is 16.3. The second-order valence-corrected chi connectivity index (χ2v) is 7.07. The molecule has 1 aromatic heterocycles. The van der Waals surface area contributed by atoms with Crippen LogP contribution in [-0.2, 0) is 26.4 Å². The van der Waals surface area contributed by atoms with E-state index in [0.717, 1.165) is 62.9 Å². The highest BCUT2D eigenvalue weighted by molar-refractivity contribution is 5.80. The van der Waals surface area contributed by atoms with Crippen LogP contribution in [0.15, 0.2) is 29.3 Å². The van der Waals surface area contributed by atoms with Crippen molar-refractivity contribution in [1.29, 1.82) is 0 Å². The quantitative estimate of drug-likeness (QED) is 0.611. The van der Waals surface area contributed by atoms with E-state index in [0.29, 0.717) is 5.75 Å². The lowest BCUT2D eigenvalue weighted by Gasteiger charge is -2.37. The maximum Gasteiger partial charge on any atom is 0.194 e. The van der Waals surface area contributed by atoms with Gasteiger partial charge >= 0.3 is 0 Å². The zero-order valence-electron chi connectivity index (χ0n) is 17.4. The monoisotopic (exact) mass is 384 g/mol. The SMILES string of the molecule is CCc1nn(C)c(CC)c1CNC(=NC)N1CCN(c2ccccc2O)CC1. The first-order valence-corrected chi connectivity index (χ1v) is 10.1. The number of hydrogen-bond acceptors (Lipinski definition) is 4. The van der Waals surface area contributed by atoms with Crippen LogP contribution < -0.4 is 10.2 Å². The summed E-state index contributed by atoms with van der Waals surface area (Å²) < 4.78 is 2.00. The average Bonchev–Trinajstić information content (AvgIpc) is 3.04. The molecule has 1 fully saturated rings. The van der Waals surface area contributed by atoms with Crippen LogP contribution in [0.2, 0.25) is 0 Å². The number of para-hydroxylation sites is 2. The third kappa shape index (κ3) is 4.08. The fourth-order valence-corrected chi connectivity index (χ4v) is 3.98. The van der Waals surface area contributed by atoms with E-state index in [2.05, 4.69) is 39.1 Å². The summed E-state index contributed by atoms with van der Waals surface area (Å²) in [6.07, 6.45) is 1.90. The summed E-state index contributed by atoms with van der Waals surface area (Å²) in [4.78, 5) is 9.00. The summed E-state index contributed by atoms with van der Waals surface area (Å²) in [6.45, 7) is 8.50. The lowest BCUT2D eigenvalue weighted by atomic mass is 10.1. The Labute approximate surface area is 167 Å². The predicted molar refractivity (Wildman–Crippen MR) is 114 cm³/mol. The summed E-state index contributed by atoms with van der Waals surface area (Å²) in [6, 6.07) is 7.53. The van der Waals surface area contributed by atoms with Gasteiger partial charge < -0.3 is 20.2 Å². The van der Waals surface area contributed by atoms with Crippen LogP contribution in [0.25, 0.3) is 0 Å². The Morgan fingerprint density at radius 2 is 1.86 bits per heavy atom. The molecule has 3 rings (SSSR count). The number of rotatable bonds is 5. The van der Waals surface area contributed by atoms with Gasteiger partial charge in [-0.15, -0.1) is 0 Å². The first-order chi connectivity index (χ1) is 13.6. The number of phenolic OH excluding ortho intramolecular Hbond substituents is 1. The van der Waals surface area contributed by atoms with Crippen molar-refractivity contribution in [1.82, 2.24) is 20.0 Å². The van der Waals surface area contributed by atoms with E-state index in [4.69, 9.17) is 0 Å². The molecule has 1 aliphatic rings. The molecule has 0 spiro atoms. The van der Waals surface area contributed by atoms with Crippen LogP contribution in [0.3, 0.4) is 0 Å². The van der Waals surface area contributed by atoms with Gasteiger partial charge in [-0.25, -0.2) is 0 Å². The number of aryl methyl sites for hydroxylation is 2. The predicted octanol–water partition coefficient (Wildman–Crippen LogP) is 2.15. The lowest BCUT2D eigenvalue weighted by Crippen LogP contribution is -2.52. The minimum Gasteiger partial charge on any atom is -0.506 e. The third-order valence-corrected chi connectivity index (χ3v) is 5.46. The highest BCUT2D eigenvalue weighted by Gasteiger charge is 2.22. The highest BCUT2D eigenvalue weighted by Crippen LogP contribution is 2.27. The van der Waals surface area contributed by atoms with E-state index in [9.17, 15) is 5.11 Å². The van der Waals surface area contributed by atoms with Crippen molar-refractivity contribution >= 4 is 11.6 Å². The molecule has 0 atom stereocenters. The van der Waals surface area contributed by atoms with Gasteiger partial charge in [0.15, 0.2) is 5.96 Å². The van der Waals surface area contributed by atoms with Crippen LogP contribution in [0.1, 0.15) is 30.8 Å². The van der Waals surface area contributed by atoms with Crippen molar-refractivity contribution in [3.63, 3.8) is 0 Å². The van der Waals surface area contributed by atoms with Gasteiger partial charge in [-0.1, -0.05) is 26.0 Å². The van der Waals surface area contributed by atoms with Gasteiger partial charge in [0.1, 0.15) is 5.75 Å². The van der Waals surface area contributed by atoms with Crippen molar-refractivity contribution < 1.29 is 5.11 Å². The summed E-state index contributed by atoms with van der Waals surface area (Å²) >= 11 is 0. The molecule has 7 heteroatoms. The third-order valence-electron chi connectivity index (χ3n) is 5.46. The minimum atomic E-state index is 0.342. The zero-order chi connectivity index (χ0) is 20.1. The maximum absolute atomic E-state index is 10.1. The van der Waals surface area contributed by atoms with E-state index >= 15 is 0 Å². The molecule has 2 N–H and O–H groups in total. The van der Waals surface area contributed by atoms with E-state index in [1.54, 1.807) is 6.07 Å². The summed E-state index contributed by atoms with van der Waals surface area (Å²) in [5.74, 6) is 1.26. The van der Waals surface area contributed by atoms with Gasteiger partial charge in [0, 0.05) is 58.1 Å². The number of piperazine rings is 1. The van der Waals surface area contributed by atoms with Crippen molar-refractivity contribution in [3.8, 4) is 5.75 Å². The standard InChI is InChI=1S/C21H32N6O/c1-5-17-16(18(6-2)25(4)24-17)15-23-21(22-3)27-13-11-26(12-14-27)19-9-7-8-10-20(19)28/h7-10,28H,5-6,11-15H2,1-4H3,(H,22,23). The van der Waals surface area contributed by atoms with Crippen LogP contribution in [0.5, 0.6) is 5.75 Å². The van der Waals surface area contributed by atoms with Crippen molar-refractivity contribution in [2.24, 2.45) is 12.0 Å². The van der Waals surface area contributed by atoms with Crippen LogP contribution in [-0.4, -0.2) is 59.0 Å². The number of guanidine groups is 1. The number of aliphatic imine (C=N–C) groups is 1. The molecule has 0 amide bonds. The molecule has 2 heterocycles. The summed E-state index contributed by atoms with van der Waals surface area (Å²) in [5.41, 5.74) is 4.64. The molecule has 0 saturated carbocycles. The van der Waals surface area contributed by atoms with Gasteiger partial charge in [-0.2, -0.15) is 5.10 Å². The van der Waals surface area contributed by atoms with Gasteiger partial charge in [0.05, 0.1) is 11.4 Å². The molecule has 0 radical (unpaired) electrons. The number of nitrogens with zero attached hydrogens (tertiary/aromatic N) is 5. The second kappa shape index (κ2) is 8.99. The Morgan fingerprint density at radius 3 is 2.46 bits per heavy atom. The fraction of sp³-hybridized carbons (Fsp3) is 0.524. The van der Waals surface area contributed by atoms with Gasteiger partial charge in [0.25, 0.3) is 0 Å². The molecule has 28 heavy (non-hydrogen) atoms. The second-order valence-electron chi connectivity index (χ2n) is 7.07. The summed E-state index contributed by atoms with van der Waals surface area (Å²) in [5, 5.41) is 18.3. The van der Waals surface area contributed by atoms with Crippen LogP contribution in [0.4, 0.5) is 5.69 Å². The van der Waals surface area contributed by atoms with E-state index in [-0.39, 0.29) is 0 Å². The molecule has 0 bridgehead atoms. The number of aromatic hydroxyl groups is 1. The van der Waals surface area contributed by atoms with E-state index < -0.39 is 0 Å². The zero-order valence-corrected chi connectivity index (χ0v) is 17.4. The molecule has 0 aliphatic carbocycles. The normalized spacial score (nSPS) is 15.2. The minimum absolute atomic E-state index is 0.342. The Balaban J connectivity index is 1.62. The van der Waals surface area contributed by atoms with Crippen molar-refractivity contribution in [2.75, 3.05) is 38.1 Å². The number of hydrogen-bond donors (Lipinski definition) is 2. The molecule has 1 saturated heterocycles. The number of phenols is 1. The Morgan fingerprint density at radius 1 is 1.14 bits per heavy atom. The molecule has 0 unspecified atom stereocenters. The molecule has 152 valence electrons. The molecule has 2 aromatic rings. The van der Waals surface area contributed by atoms with E-state index in [1.165, 1.54) is 11.3 Å². The van der Waals surface area contributed by atoms with Crippen molar-refractivity contribution in [3.05, 3.63) is 41.2 Å². The fourth-order valence-electron chi connectivity index (χ4n) is 3.98. The molecule has 1 aromatic carbocycles. The first-order valence-electron chi connectivity index (χ1n) is 10.1. The number of anilines is 1. The molecular formula is C21H32N6O. The largest absolute Gasteiger partial charge is 0.506 e. The number of nitrogens with one attached hydrogen (secondary N) is 1. The molecule has 7 nitrogen and oxygen atoms in total. The van der Waals surface area contributed by atoms with Crippen LogP contribution in [0, 0.1) is 0 Å². The molecule has 1 aliphatic heterocycles. The average molecular weight is 385 g/mol.